The van der Waals surface area contributed by atoms with Crippen molar-refractivity contribution in [3.63, 3.8) is 0 Å². The zero-order chi connectivity index (χ0) is 12.8. The molecule has 1 rings (SSSR count). The van der Waals surface area contributed by atoms with Crippen molar-refractivity contribution in [1.82, 2.24) is 14.5 Å². The average Bonchev–Trinajstić information content (AvgIpc) is 2.28. The summed E-state index contributed by atoms with van der Waals surface area (Å²) in [5.74, 6) is -0.121. The zero-order valence-electron chi connectivity index (χ0n) is 9.48. The molecule has 0 fully saturated rings. The van der Waals surface area contributed by atoms with Crippen molar-refractivity contribution in [2.75, 3.05) is 18.9 Å². The minimum Gasteiger partial charge on any atom is -0.396 e. The van der Waals surface area contributed by atoms with Crippen molar-refractivity contribution in [3.8, 4) is 0 Å². The fourth-order valence-electron chi connectivity index (χ4n) is 1.25. The van der Waals surface area contributed by atoms with Crippen molar-refractivity contribution in [1.29, 1.82) is 0 Å². The second-order valence-corrected chi connectivity index (χ2v) is 3.50. The van der Waals surface area contributed by atoms with E-state index in [-0.39, 0.29) is 25.6 Å². The summed E-state index contributed by atoms with van der Waals surface area (Å²) in [6, 6.07) is 0. The fraction of sp³-hybridized carbons (Fsp3) is 0.667. The smallest absolute Gasteiger partial charge is 0.354 e. The summed E-state index contributed by atoms with van der Waals surface area (Å²) in [6.07, 6.45) is 0.207. The molecule has 1 heterocycles. The molecule has 0 aliphatic rings. The molecule has 0 bridgehead atoms. The molecule has 0 aromatic carbocycles. The van der Waals surface area contributed by atoms with E-state index < -0.39 is 18.0 Å². The van der Waals surface area contributed by atoms with Gasteiger partial charge in [-0.2, -0.15) is 4.98 Å². The molecular weight excluding hydrogens is 228 g/mol. The summed E-state index contributed by atoms with van der Waals surface area (Å²) in [6.45, 7) is 1.29. The number of aliphatic hydroxyl groups excluding tert-OH is 2. The van der Waals surface area contributed by atoms with Gasteiger partial charge in [0.25, 0.3) is 0 Å². The Kier molecular flexibility index (Phi) is 5.01. The van der Waals surface area contributed by atoms with Crippen molar-refractivity contribution < 1.29 is 14.9 Å². The van der Waals surface area contributed by atoms with Gasteiger partial charge in [0.05, 0.1) is 12.7 Å². The molecule has 0 radical (unpaired) electrons. The van der Waals surface area contributed by atoms with Crippen LogP contribution < -0.4 is 11.4 Å². The Labute approximate surface area is 97.7 Å². The zero-order valence-corrected chi connectivity index (χ0v) is 9.48. The monoisotopic (exact) mass is 244 g/mol. The number of rotatable bonds is 6. The van der Waals surface area contributed by atoms with Crippen LogP contribution in [0.4, 0.5) is 5.95 Å². The summed E-state index contributed by atoms with van der Waals surface area (Å²) in [5, 5.41) is 17.8. The second-order valence-electron chi connectivity index (χ2n) is 3.50. The van der Waals surface area contributed by atoms with Crippen LogP contribution in [0.15, 0.2) is 11.1 Å². The molecule has 1 aromatic rings. The highest BCUT2D eigenvalue weighted by atomic mass is 16.5. The van der Waals surface area contributed by atoms with Gasteiger partial charge in [0.2, 0.25) is 5.95 Å². The quantitative estimate of drug-likeness (QED) is 0.556. The molecule has 2 atom stereocenters. The van der Waals surface area contributed by atoms with E-state index in [1.54, 1.807) is 6.92 Å². The van der Waals surface area contributed by atoms with Crippen LogP contribution in [0.3, 0.4) is 0 Å². The first-order valence-corrected chi connectivity index (χ1v) is 5.16. The normalized spacial score (nSPS) is 14.5. The summed E-state index contributed by atoms with van der Waals surface area (Å²) >= 11 is 0. The number of anilines is 1. The standard InChI is InChI=1S/C9H16N4O4/c1-6(4-15)17-7(2-3-14)13-5-11-8(10)12-9(13)16/h5-7,14-15H,2-4H2,1H3,(H2,10,12,16)/t6-,7+/m0/s1. The van der Waals surface area contributed by atoms with Crippen LogP contribution in [0, 0.1) is 0 Å². The Balaban J connectivity index is 2.92. The number of nitrogen functional groups attached to an aromatic ring is 1. The molecule has 0 aliphatic carbocycles. The Hall–Kier alpha value is -1.51. The van der Waals surface area contributed by atoms with E-state index in [0.717, 1.165) is 4.57 Å². The summed E-state index contributed by atoms with van der Waals surface area (Å²) < 4.78 is 6.50. The number of ether oxygens (including phenoxy) is 1. The van der Waals surface area contributed by atoms with Crippen molar-refractivity contribution in [3.05, 3.63) is 16.8 Å². The topological polar surface area (TPSA) is 123 Å². The molecule has 96 valence electrons. The molecule has 8 heteroatoms. The van der Waals surface area contributed by atoms with E-state index in [4.69, 9.17) is 20.7 Å². The van der Waals surface area contributed by atoms with Crippen molar-refractivity contribution in [2.24, 2.45) is 0 Å². The Morgan fingerprint density at radius 3 is 2.82 bits per heavy atom. The minimum absolute atomic E-state index is 0.121. The summed E-state index contributed by atoms with van der Waals surface area (Å²) in [5.41, 5.74) is 4.65. The molecule has 4 N–H and O–H groups in total. The second kappa shape index (κ2) is 6.28. The lowest BCUT2D eigenvalue weighted by atomic mass is 10.3. The Bertz CT molecular complexity index is 408. The maximum atomic E-state index is 11.5. The maximum Gasteiger partial charge on any atom is 0.354 e. The molecule has 0 saturated carbocycles. The number of nitrogens with zero attached hydrogens (tertiary/aromatic N) is 3. The molecule has 1 aromatic heterocycles. The van der Waals surface area contributed by atoms with Crippen molar-refractivity contribution >= 4 is 5.95 Å². The molecular formula is C9H16N4O4. The average molecular weight is 244 g/mol. The highest BCUT2D eigenvalue weighted by Crippen LogP contribution is 2.12. The minimum atomic E-state index is -0.727. The lowest BCUT2D eigenvalue weighted by molar-refractivity contribution is -0.0776. The van der Waals surface area contributed by atoms with Crippen LogP contribution in [0.25, 0.3) is 0 Å². The van der Waals surface area contributed by atoms with Gasteiger partial charge in [-0.25, -0.2) is 9.78 Å². The van der Waals surface area contributed by atoms with Gasteiger partial charge in [-0.05, 0) is 6.92 Å². The highest BCUT2D eigenvalue weighted by Gasteiger charge is 2.16. The van der Waals surface area contributed by atoms with E-state index in [1.165, 1.54) is 6.33 Å². The summed E-state index contributed by atoms with van der Waals surface area (Å²) in [4.78, 5) is 18.7. The molecule has 0 spiro atoms. The molecule has 0 unspecified atom stereocenters. The predicted molar refractivity (Wildman–Crippen MR) is 59.1 cm³/mol. The lowest BCUT2D eigenvalue weighted by Gasteiger charge is -2.21. The SMILES string of the molecule is C[C@@H](CO)O[C@H](CCO)n1cnc(N)nc1=O. The number of nitrogens with two attached hydrogens (primary N) is 1. The summed E-state index contributed by atoms with van der Waals surface area (Å²) in [7, 11) is 0. The van der Waals surface area contributed by atoms with E-state index in [1.807, 2.05) is 0 Å². The third kappa shape index (κ3) is 3.77. The third-order valence-electron chi connectivity index (χ3n) is 2.08. The van der Waals surface area contributed by atoms with Gasteiger partial charge >= 0.3 is 5.69 Å². The van der Waals surface area contributed by atoms with Crippen LogP contribution in [0.2, 0.25) is 0 Å². The molecule has 0 amide bonds. The van der Waals surface area contributed by atoms with E-state index >= 15 is 0 Å². The molecule has 8 nitrogen and oxygen atoms in total. The van der Waals surface area contributed by atoms with Crippen molar-refractivity contribution in [2.45, 2.75) is 25.7 Å². The van der Waals surface area contributed by atoms with Gasteiger partial charge in [0.15, 0.2) is 0 Å². The van der Waals surface area contributed by atoms with Gasteiger partial charge in [0, 0.05) is 13.0 Å². The number of aliphatic hydroxyl groups is 2. The Morgan fingerprint density at radius 1 is 1.59 bits per heavy atom. The van der Waals surface area contributed by atoms with Gasteiger partial charge in [-0.3, -0.25) is 4.57 Å². The Morgan fingerprint density at radius 2 is 2.29 bits per heavy atom. The fourth-order valence-corrected chi connectivity index (χ4v) is 1.25. The van der Waals surface area contributed by atoms with E-state index in [0.29, 0.717) is 0 Å². The molecule has 17 heavy (non-hydrogen) atoms. The molecule has 0 saturated heterocycles. The molecule has 0 aliphatic heterocycles. The number of aromatic nitrogens is 3. The highest BCUT2D eigenvalue weighted by molar-refractivity contribution is 5.09. The van der Waals surface area contributed by atoms with Crippen LogP contribution in [-0.2, 0) is 4.74 Å². The number of hydrogen-bond acceptors (Lipinski definition) is 7. The van der Waals surface area contributed by atoms with Crippen LogP contribution in [-0.4, -0.2) is 44.1 Å². The maximum absolute atomic E-state index is 11.5. The first-order chi connectivity index (χ1) is 8.08. The van der Waals surface area contributed by atoms with Gasteiger partial charge in [0.1, 0.15) is 12.6 Å². The number of hydrogen-bond donors (Lipinski definition) is 3. The van der Waals surface area contributed by atoms with Gasteiger partial charge in [-0.1, -0.05) is 0 Å². The van der Waals surface area contributed by atoms with Crippen LogP contribution >= 0.6 is 0 Å². The first kappa shape index (κ1) is 13.6. The third-order valence-corrected chi connectivity index (χ3v) is 2.08. The first-order valence-electron chi connectivity index (χ1n) is 5.16. The lowest BCUT2D eigenvalue weighted by Crippen LogP contribution is -2.32. The van der Waals surface area contributed by atoms with E-state index in [9.17, 15) is 4.79 Å². The largest absolute Gasteiger partial charge is 0.396 e. The predicted octanol–water partition coefficient (Wildman–Crippen LogP) is -1.50. The van der Waals surface area contributed by atoms with Gasteiger partial charge < -0.3 is 20.7 Å². The van der Waals surface area contributed by atoms with Crippen LogP contribution in [0.1, 0.15) is 19.6 Å². The van der Waals surface area contributed by atoms with E-state index in [2.05, 4.69) is 9.97 Å². The van der Waals surface area contributed by atoms with Gasteiger partial charge in [-0.15, -0.1) is 0 Å². The van der Waals surface area contributed by atoms with Crippen LogP contribution in [0.5, 0.6) is 0 Å².